The SMILES string of the molecule is CCNC(C)CNC(=O)c1cc(-c2cnn3ccc(-c4cccs4)nc23)nc(N2CC(OC)C2)c1. The van der Waals surface area contributed by atoms with Crippen molar-refractivity contribution in [1.29, 1.82) is 0 Å². The predicted molar refractivity (Wildman–Crippen MR) is 138 cm³/mol. The molecule has 0 aliphatic carbocycles. The van der Waals surface area contributed by atoms with Crippen molar-refractivity contribution < 1.29 is 9.53 Å². The second kappa shape index (κ2) is 10.1. The van der Waals surface area contributed by atoms with Crippen LogP contribution >= 0.6 is 11.3 Å². The Morgan fingerprint density at radius 2 is 2.11 bits per heavy atom. The van der Waals surface area contributed by atoms with Gasteiger partial charge in [-0.15, -0.1) is 11.3 Å². The van der Waals surface area contributed by atoms with Gasteiger partial charge in [-0.25, -0.2) is 14.5 Å². The smallest absolute Gasteiger partial charge is 0.251 e. The van der Waals surface area contributed by atoms with Crippen LogP contribution in [0.2, 0.25) is 0 Å². The van der Waals surface area contributed by atoms with Crippen molar-refractivity contribution in [2.24, 2.45) is 0 Å². The molecule has 4 aromatic heterocycles. The third-order valence-corrected chi connectivity index (χ3v) is 7.01. The third kappa shape index (κ3) is 4.90. The normalized spacial score (nSPS) is 14.8. The number of ether oxygens (including phenoxy) is 1. The molecule has 1 amide bonds. The van der Waals surface area contributed by atoms with E-state index in [0.29, 0.717) is 23.4 Å². The molecule has 9 nitrogen and oxygen atoms in total. The van der Waals surface area contributed by atoms with Gasteiger partial charge in [-0.2, -0.15) is 5.10 Å². The van der Waals surface area contributed by atoms with Crippen molar-refractivity contribution in [3.8, 4) is 21.8 Å². The van der Waals surface area contributed by atoms with Gasteiger partial charge in [-0.1, -0.05) is 13.0 Å². The fourth-order valence-electron chi connectivity index (χ4n) is 4.10. The summed E-state index contributed by atoms with van der Waals surface area (Å²) in [5.41, 5.74) is 3.59. The fraction of sp³-hybridized carbons (Fsp3) is 0.360. The quantitative estimate of drug-likeness (QED) is 0.371. The Labute approximate surface area is 208 Å². The number of carbonyl (C=O) groups is 1. The Kier molecular flexibility index (Phi) is 6.76. The molecule has 1 aliphatic rings. The highest BCUT2D eigenvalue weighted by atomic mass is 32.1. The van der Waals surface area contributed by atoms with Crippen molar-refractivity contribution >= 4 is 28.7 Å². The van der Waals surface area contributed by atoms with E-state index < -0.39 is 0 Å². The van der Waals surface area contributed by atoms with Crippen LogP contribution in [0, 0.1) is 0 Å². The molecular formula is C25H29N7O2S. The van der Waals surface area contributed by atoms with E-state index in [1.165, 1.54) is 0 Å². The molecule has 1 saturated heterocycles. The zero-order valence-corrected chi connectivity index (χ0v) is 20.9. The lowest BCUT2D eigenvalue weighted by Gasteiger charge is -2.39. The van der Waals surface area contributed by atoms with Crippen molar-refractivity contribution in [1.82, 2.24) is 30.2 Å². The van der Waals surface area contributed by atoms with E-state index in [2.05, 4.69) is 20.6 Å². The molecule has 182 valence electrons. The number of hydrogen-bond donors (Lipinski definition) is 2. The molecule has 10 heteroatoms. The number of carbonyl (C=O) groups excluding carboxylic acids is 1. The Balaban J connectivity index is 1.51. The van der Waals surface area contributed by atoms with E-state index in [-0.39, 0.29) is 18.1 Å². The Hall–Kier alpha value is -3.34. The summed E-state index contributed by atoms with van der Waals surface area (Å²) in [6.07, 6.45) is 3.83. The molecule has 4 aromatic rings. The second-order valence-corrected chi connectivity index (χ2v) is 9.59. The van der Waals surface area contributed by atoms with E-state index in [4.69, 9.17) is 14.7 Å². The first-order valence-corrected chi connectivity index (χ1v) is 12.6. The standard InChI is InChI=1S/C25H29N7O2S/c1-4-26-16(2)12-27-25(33)17-10-21(29-23(11-17)31-14-18(15-31)34-3)19-13-28-32-8-7-20(30-24(19)32)22-6-5-9-35-22/h5-11,13,16,18,26H,4,12,14-15H2,1-3H3,(H,27,33). The number of amides is 1. The van der Waals surface area contributed by atoms with Crippen LogP contribution in [0.25, 0.3) is 27.5 Å². The lowest BCUT2D eigenvalue weighted by atomic mass is 10.1. The molecule has 2 N–H and O–H groups in total. The number of anilines is 1. The van der Waals surface area contributed by atoms with Gasteiger partial charge in [0, 0.05) is 44.5 Å². The topological polar surface area (TPSA) is 96.7 Å². The van der Waals surface area contributed by atoms with Crippen LogP contribution in [-0.2, 0) is 4.74 Å². The average Bonchev–Trinajstić information content (AvgIpc) is 3.52. The number of thiophene rings is 1. The molecule has 5 heterocycles. The summed E-state index contributed by atoms with van der Waals surface area (Å²) in [5.74, 6) is 0.613. The maximum atomic E-state index is 13.1. The first-order valence-electron chi connectivity index (χ1n) is 11.8. The van der Waals surface area contributed by atoms with Crippen molar-refractivity contribution in [3.05, 3.63) is 53.7 Å². The summed E-state index contributed by atoms with van der Waals surface area (Å²) >= 11 is 1.64. The lowest BCUT2D eigenvalue weighted by Crippen LogP contribution is -2.52. The lowest BCUT2D eigenvalue weighted by molar-refractivity contribution is 0.0783. The first kappa shape index (κ1) is 23.4. The summed E-state index contributed by atoms with van der Waals surface area (Å²) in [4.78, 5) is 26.1. The summed E-state index contributed by atoms with van der Waals surface area (Å²) in [6.45, 7) is 6.97. The van der Waals surface area contributed by atoms with Gasteiger partial charge in [-0.05, 0) is 43.1 Å². The Bertz CT molecular complexity index is 1310. The van der Waals surface area contributed by atoms with Crippen LogP contribution in [0.1, 0.15) is 24.2 Å². The minimum Gasteiger partial charge on any atom is -0.378 e. The number of nitrogens with zero attached hydrogens (tertiary/aromatic N) is 5. The van der Waals surface area contributed by atoms with Crippen molar-refractivity contribution in [2.75, 3.05) is 38.2 Å². The van der Waals surface area contributed by atoms with E-state index in [1.54, 1.807) is 29.2 Å². The van der Waals surface area contributed by atoms with Crippen LogP contribution in [0.15, 0.2) is 48.1 Å². The number of likely N-dealkylation sites (N-methyl/N-ethyl adjacent to an activating group) is 1. The van der Waals surface area contributed by atoms with E-state index in [0.717, 1.165) is 41.6 Å². The van der Waals surface area contributed by atoms with E-state index in [1.807, 2.05) is 55.8 Å². The van der Waals surface area contributed by atoms with Crippen LogP contribution in [0.5, 0.6) is 0 Å². The van der Waals surface area contributed by atoms with E-state index in [9.17, 15) is 4.79 Å². The van der Waals surface area contributed by atoms with Gasteiger partial charge in [0.25, 0.3) is 5.91 Å². The molecule has 1 atom stereocenters. The zero-order chi connectivity index (χ0) is 24.4. The van der Waals surface area contributed by atoms with Crippen LogP contribution in [0.3, 0.4) is 0 Å². The Morgan fingerprint density at radius 1 is 1.26 bits per heavy atom. The Morgan fingerprint density at radius 3 is 2.86 bits per heavy atom. The number of nitrogens with one attached hydrogen (secondary N) is 2. The number of methoxy groups -OCH3 is 1. The van der Waals surface area contributed by atoms with Gasteiger partial charge in [0.15, 0.2) is 5.65 Å². The summed E-state index contributed by atoms with van der Waals surface area (Å²) in [6, 6.07) is 9.86. The number of rotatable bonds is 9. The van der Waals surface area contributed by atoms with Crippen LogP contribution in [0.4, 0.5) is 5.82 Å². The number of pyridine rings is 1. The molecule has 0 spiro atoms. The molecule has 35 heavy (non-hydrogen) atoms. The number of aromatic nitrogens is 4. The maximum Gasteiger partial charge on any atom is 0.251 e. The van der Waals surface area contributed by atoms with Crippen LogP contribution < -0.4 is 15.5 Å². The van der Waals surface area contributed by atoms with Gasteiger partial charge in [-0.3, -0.25) is 4.79 Å². The number of fused-ring (bicyclic) bond motifs is 1. The maximum absolute atomic E-state index is 13.1. The largest absolute Gasteiger partial charge is 0.378 e. The van der Waals surface area contributed by atoms with Gasteiger partial charge < -0.3 is 20.3 Å². The predicted octanol–water partition coefficient (Wildman–Crippen LogP) is 3.08. The molecule has 0 bridgehead atoms. The van der Waals surface area contributed by atoms with Gasteiger partial charge in [0.05, 0.1) is 34.1 Å². The summed E-state index contributed by atoms with van der Waals surface area (Å²) < 4.78 is 7.17. The zero-order valence-electron chi connectivity index (χ0n) is 20.1. The number of hydrogen-bond acceptors (Lipinski definition) is 8. The van der Waals surface area contributed by atoms with Gasteiger partial charge in [0.2, 0.25) is 0 Å². The fourth-order valence-corrected chi connectivity index (χ4v) is 4.80. The first-order chi connectivity index (χ1) is 17.1. The highest BCUT2D eigenvalue weighted by Crippen LogP contribution is 2.30. The molecule has 5 rings (SSSR count). The second-order valence-electron chi connectivity index (χ2n) is 8.65. The molecule has 0 saturated carbocycles. The highest BCUT2D eigenvalue weighted by molar-refractivity contribution is 7.13. The van der Waals surface area contributed by atoms with Gasteiger partial charge >= 0.3 is 0 Å². The summed E-state index contributed by atoms with van der Waals surface area (Å²) in [7, 11) is 1.71. The third-order valence-electron chi connectivity index (χ3n) is 6.12. The summed E-state index contributed by atoms with van der Waals surface area (Å²) in [5, 5.41) is 12.9. The molecular weight excluding hydrogens is 462 g/mol. The minimum atomic E-state index is -0.132. The molecule has 0 aromatic carbocycles. The van der Waals surface area contributed by atoms with Crippen molar-refractivity contribution in [3.63, 3.8) is 0 Å². The molecule has 1 fully saturated rings. The highest BCUT2D eigenvalue weighted by Gasteiger charge is 2.29. The van der Waals surface area contributed by atoms with Gasteiger partial charge in [0.1, 0.15) is 5.82 Å². The molecule has 1 unspecified atom stereocenters. The monoisotopic (exact) mass is 491 g/mol. The average molecular weight is 492 g/mol. The van der Waals surface area contributed by atoms with Crippen LogP contribution in [-0.4, -0.2) is 70.9 Å². The van der Waals surface area contributed by atoms with Crippen molar-refractivity contribution in [2.45, 2.75) is 26.0 Å². The van der Waals surface area contributed by atoms with E-state index >= 15 is 0 Å². The minimum absolute atomic E-state index is 0.132. The molecule has 0 radical (unpaired) electrons. The molecule has 1 aliphatic heterocycles.